The monoisotopic (exact) mass is 485 g/mol. The van der Waals surface area contributed by atoms with Crippen molar-refractivity contribution in [2.45, 2.75) is 29.5 Å². The van der Waals surface area contributed by atoms with Crippen molar-refractivity contribution >= 4 is 34.0 Å². The van der Waals surface area contributed by atoms with Gasteiger partial charge in [0, 0.05) is 29.3 Å². The molecule has 2 aromatic rings. The zero-order valence-electron chi connectivity index (χ0n) is 18.7. The van der Waals surface area contributed by atoms with Crippen LogP contribution in [-0.4, -0.2) is 43.6 Å². The van der Waals surface area contributed by atoms with E-state index in [1.165, 1.54) is 44.4 Å². The number of carbonyl (C=O) groups excluding carboxylic acids is 1. The molecule has 1 atom stereocenters. The summed E-state index contributed by atoms with van der Waals surface area (Å²) in [6, 6.07) is 5.68. The predicted molar refractivity (Wildman–Crippen MR) is 126 cm³/mol. The smallest absolute Gasteiger partial charge is 0.219 e. The van der Waals surface area contributed by atoms with Crippen LogP contribution in [0.3, 0.4) is 0 Å². The number of nitriles is 1. The summed E-state index contributed by atoms with van der Waals surface area (Å²) in [6.07, 6.45) is 3.62. The summed E-state index contributed by atoms with van der Waals surface area (Å²) in [6.45, 7) is 0. The number of hydrogen-bond donors (Lipinski definition) is 1. The molecule has 0 bridgehead atoms. The first-order chi connectivity index (χ1) is 16.0. The molecule has 0 saturated carbocycles. The molecule has 33 heavy (non-hydrogen) atoms. The number of thioether (sulfide) groups is 1. The van der Waals surface area contributed by atoms with Gasteiger partial charge in [-0.2, -0.15) is 5.26 Å². The van der Waals surface area contributed by atoms with E-state index >= 15 is 0 Å². The minimum Gasteiger partial charge on any atom is -0.496 e. The SMILES string of the molecule is COc1cc(OC)c(C2C(C#N)=C(N)N(c3nnc(SC)s3)C3=C2C(=O)CCC3)cc1OC. The molecule has 11 heteroatoms. The molecule has 0 amide bonds. The molecule has 9 nitrogen and oxygen atoms in total. The van der Waals surface area contributed by atoms with Crippen LogP contribution in [-0.2, 0) is 4.79 Å². The molecule has 2 heterocycles. The fraction of sp³-hybridized carbons (Fsp3) is 0.364. The molecule has 1 aromatic carbocycles. The Balaban J connectivity index is 1.99. The number of nitrogens with two attached hydrogens (primary N) is 1. The Morgan fingerprint density at radius 2 is 1.85 bits per heavy atom. The van der Waals surface area contributed by atoms with Gasteiger partial charge in [-0.05, 0) is 25.2 Å². The maximum atomic E-state index is 13.3. The normalized spacial score (nSPS) is 18.2. The number of nitrogens with zero attached hydrogens (tertiary/aromatic N) is 4. The first-order valence-corrected chi connectivity index (χ1v) is 12.2. The van der Waals surface area contributed by atoms with Crippen LogP contribution in [0.1, 0.15) is 30.7 Å². The molecule has 1 aromatic heterocycles. The maximum absolute atomic E-state index is 13.3. The van der Waals surface area contributed by atoms with E-state index < -0.39 is 5.92 Å². The number of methoxy groups -OCH3 is 3. The van der Waals surface area contributed by atoms with E-state index in [9.17, 15) is 10.1 Å². The van der Waals surface area contributed by atoms with Gasteiger partial charge in [0.2, 0.25) is 5.13 Å². The number of benzene rings is 1. The van der Waals surface area contributed by atoms with Gasteiger partial charge >= 0.3 is 0 Å². The van der Waals surface area contributed by atoms with Gasteiger partial charge in [0.05, 0.1) is 38.9 Å². The first-order valence-electron chi connectivity index (χ1n) is 10.1. The topological polar surface area (TPSA) is 124 Å². The molecule has 4 rings (SSSR count). The van der Waals surface area contributed by atoms with Gasteiger partial charge in [0.25, 0.3) is 0 Å². The van der Waals surface area contributed by atoms with Crippen LogP contribution < -0.4 is 24.8 Å². The molecule has 1 unspecified atom stereocenters. The maximum Gasteiger partial charge on any atom is 0.219 e. The zero-order valence-corrected chi connectivity index (χ0v) is 20.3. The number of ketones is 1. The molecule has 172 valence electrons. The number of allylic oxidation sites excluding steroid dienone is 3. The van der Waals surface area contributed by atoms with Gasteiger partial charge in [-0.1, -0.05) is 23.1 Å². The molecular formula is C22H23N5O4S2. The molecule has 2 aliphatic rings. The molecule has 0 saturated heterocycles. The number of hydrogen-bond acceptors (Lipinski definition) is 11. The fourth-order valence-corrected chi connectivity index (χ4v) is 5.57. The fourth-order valence-electron chi connectivity index (χ4n) is 4.27. The number of aromatic nitrogens is 2. The summed E-state index contributed by atoms with van der Waals surface area (Å²) in [5.74, 6) is 0.920. The van der Waals surface area contributed by atoms with Crippen molar-refractivity contribution in [3.63, 3.8) is 0 Å². The van der Waals surface area contributed by atoms with Crippen molar-refractivity contribution in [3.05, 3.63) is 40.4 Å². The summed E-state index contributed by atoms with van der Waals surface area (Å²) >= 11 is 2.84. The second-order valence-corrected chi connectivity index (χ2v) is 9.33. The number of ether oxygens (including phenoxy) is 3. The molecular weight excluding hydrogens is 462 g/mol. The lowest BCUT2D eigenvalue weighted by molar-refractivity contribution is -0.116. The van der Waals surface area contributed by atoms with Gasteiger partial charge in [0.15, 0.2) is 21.6 Å². The van der Waals surface area contributed by atoms with Crippen molar-refractivity contribution in [3.8, 4) is 23.3 Å². The van der Waals surface area contributed by atoms with Crippen LogP contribution >= 0.6 is 23.1 Å². The second kappa shape index (κ2) is 9.33. The Morgan fingerprint density at radius 3 is 2.45 bits per heavy atom. The minimum atomic E-state index is -0.697. The average molecular weight is 486 g/mol. The third-order valence-corrected chi connectivity index (χ3v) is 7.61. The van der Waals surface area contributed by atoms with Gasteiger partial charge in [-0.25, -0.2) is 0 Å². The predicted octanol–water partition coefficient (Wildman–Crippen LogP) is 3.59. The van der Waals surface area contributed by atoms with Crippen molar-refractivity contribution in [2.24, 2.45) is 5.73 Å². The Bertz CT molecular complexity index is 1210. The minimum absolute atomic E-state index is 0.0297. The number of Topliss-reactive ketones (excluding diaryl/α,β-unsaturated/α-hetero) is 1. The lowest BCUT2D eigenvalue weighted by Crippen LogP contribution is -2.38. The molecule has 0 spiro atoms. The van der Waals surface area contributed by atoms with Crippen molar-refractivity contribution in [2.75, 3.05) is 32.5 Å². The Labute approximate surface area is 199 Å². The lowest BCUT2D eigenvalue weighted by Gasteiger charge is -2.38. The van der Waals surface area contributed by atoms with Crippen LogP contribution in [0.2, 0.25) is 0 Å². The van der Waals surface area contributed by atoms with Crippen LogP contribution in [0, 0.1) is 11.3 Å². The standard InChI is InChI=1S/C22H23N5O4S2/c1-29-15-9-17(31-3)16(30-2)8-11(15)18-12(10-23)20(24)27(21-25-26-22(32-4)33-21)13-6-5-7-14(28)19(13)18/h8-9,18H,5-7,24H2,1-4H3. The number of carbonyl (C=O) groups is 1. The van der Waals surface area contributed by atoms with E-state index in [1.54, 1.807) is 17.0 Å². The van der Waals surface area contributed by atoms with E-state index in [2.05, 4.69) is 16.3 Å². The van der Waals surface area contributed by atoms with Crippen LogP contribution in [0.25, 0.3) is 0 Å². The van der Waals surface area contributed by atoms with E-state index in [4.69, 9.17) is 19.9 Å². The molecule has 1 aliphatic carbocycles. The largest absolute Gasteiger partial charge is 0.496 e. The highest BCUT2D eigenvalue weighted by Gasteiger charge is 2.42. The highest BCUT2D eigenvalue weighted by molar-refractivity contribution is 8.00. The summed E-state index contributed by atoms with van der Waals surface area (Å²) in [5.41, 5.74) is 8.71. The molecule has 1 aliphatic heterocycles. The summed E-state index contributed by atoms with van der Waals surface area (Å²) in [5, 5.41) is 19.2. The quantitative estimate of drug-likeness (QED) is 0.607. The molecule has 0 radical (unpaired) electrons. The van der Waals surface area contributed by atoms with Gasteiger partial charge in [-0.15, -0.1) is 10.2 Å². The summed E-state index contributed by atoms with van der Waals surface area (Å²) < 4.78 is 17.3. The van der Waals surface area contributed by atoms with E-state index in [-0.39, 0.29) is 17.2 Å². The van der Waals surface area contributed by atoms with Crippen molar-refractivity contribution in [1.82, 2.24) is 10.2 Å². The Morgan fingerprint density at radius 1 is 1.15 bits per heavy atom. The average Bonchev–Trinajstić information content (AvgIpc) is 3.31. The molecule has 0 fully saturated rings. The zero-order chi connectivity index (χ0) is 23.7. The van der Waals surface area contributed by atoms with Crippen molar-refractivity contribution < 1.29 is 19.0 Å². The van der Waals surface area contributed by atoms with Gasteiger partial charge < -0.3 is 19.9 Å². The summed E-state index contributed by atoms with van der Waals surface area (Å²) in [7, 11) is 4.59. The van der Waals surface area contributed by atoms with Gasteiger partial charge in [0.1, 0.15) is 11.6 Å². The molecule has 2 N–H and O–H groups in total. The highest BCUT2D eigenvalue weighted by atomic mass is 32.2. The summed E-state index contributed by atoms with van der Waals surface area (Å²) in [4.78, 5) is 15.0. The third kappa shape index (κ3) is 3.79. The van der Waals surface area contributed by atoms with E-state index in [0.717, 1.165) is 10.0 Å². The number of anilines is 1. The first kappa shape index (κ1) is 22.9. The third-order valence-electron chi connectivity index (χ3n) is 5.72. The van der Waals surface area contributed by atoms with E-state index in [1.807, 2.05) is 6.26 Å². The van der Waals surface area contributed by atoms with Crippen molar-refractivity contribution in [1.29, 1.82) is 5.26 Å². The highest BCUT2D eigenvalue weighted by Crippen LogP contribution is 2.50. The van der Waals surface area contributed by atoms with Gasteiger partial charge in [-0.3, -0.25) is 9.69 Å². The second-order valence-electron chi connectivity index (χ2n) is 7.32. The van der Waals surface area contributed by atoms with Crippen LogP contribution in [0.4, 0.5) is 5.13 Å². The number of rotatable bonds is 6. The Kier molecular flexibility index (Phi) is 6.49. The Hall–Kier alpha value is -3.23. The van der Waals surface area contributed by atoms with Crippen LogP contribution in [0.15, 0.2) is 39.1 Å². The van der Waals surface area contributed by atoms with Crippen LogP contribution in [0.5, 0.6) is 17.2 Å². The lowest BCUT2D eigenvalue weighted by atomic mass is 9.75. The van der Waals surface area contributed by atoms with E-state index in [0.29, 0.717) is 52.8 Å².